The predicted molar refractivity (Wildman–Crippen MR) is 144 cm³/mol. The van der Waals surface area contributed by atoms with Crippen molar-refractivity contribution in [2.45, 2.75) is 52.6 Å². The zero-order chi connectivity index (χ0) is 25.8. The summed E-state index contributed by atoms with van der Waals surface area (Å²) in [4.78, 5) is 27.1. The van der Waals surface area contributed by atoms with Crippen LogP contribution in [-0.4, -0.2) is 26.6 Å². The van der Waals surface area contributed by atoms with Crippen molar-refractivity contribution in [1.82, 2.24) is 19.5 Å². The molecule has 0 aliphatic heterocycles. The topological polar surface area (TPSA) is 94.4 Å². The number of aryl methyl sites for hydroxylation is 2. The number of nitrogens with zero attached hydrogens (tertiary/aromatic N) is 3. The molecule has 0 aliphatic rings. The van der Waals surface area contributed by atoms with E-state index in [1.54, 1.807) is 11.5 Å². The fourth-order valence-electron chi connectivity index (χ4n) is 4.60. The molecule has 2 aromatic heterocycles. The number of rotatable bonds is 9. The minimum Gasteiger partial charge on any atom is -0.344 e. The molecule has 1 atom stereocenters. The molecule has 8 heteroatoms. The molecule has 3 N–H and O–H groups in total. The second-order valence-electron chi connectivity index (χ2n) is 9.05. The number of hydrogen-bond donors (Lipinski definition) is 2. The zero-order valence-corrected chi connectivity index (χ0v) is 21.7. The smallest absolute Gasteiger partial charge is 0.344 e. The van der Waals surface area contributed by atoms with Crippen LogP contribution in [0.15, 0.2) is 59.4 Å². The van der Waals surface area contributed by atoms with Crippen molar-refractivity contribution in [3.63, 3.8) is 0 Å². The molecule has 4 rings (SSSR count). The number of fused-ring (bicyclic) bond motifs is 1. The van der Waals surface area contributed by atoms with Gasteiger partial charge in [0, 0.05) is 11.3 Å². The Morgan fingerprint density at radius 2 is 1.89 bits per heavy atom. The average molecular weight is 506 g/mol. The average Bonchev–Trinajstić information content (AvgIpc) is 3.17. The molecule has 7 nitrogen and oxygen atoms in total. The minimum atomic E-state index is -0.409. The third-order valence-electron chi connectivity index (χ3n) is 6.57. The first-order valence-corrected chi connectivity index (χ1v) is 12.6. The van der Waals surface area contributed by atoms with Crippen molar-refractivity contribution in [3.05, 3.63) is 104 Å². The standard InChI is InChI=1S/C28H32ClN5O2/c1-4-23(31-27(35)22-13-8-10-18(2)21(22)14-9-15-30)24-16-25-26(29)19(3)32-34(25)28(36)33(24)17-20-11-6-5-7-12-20/h5-8,10-13,16,23H,4,9,14-15,17,30H2,1-3H3,(H,31,35). The van der Waals surface area contributed by atoms with Gasteiger partial charge in [0.05, 0.1) is 28.8 Å². The molecule has 0 fully saturated rings. The van der Waals surface area contributed by atoms with E-state index >= 15 is 0 Å². The van der Waals surface area contributed by atoms with E-state index in [0.717, 1.165) is 29.5 Å². The van der Waals surface area contributed by atoms with Crippen molar-refractivity contribution in [2.75, 3.05) is 6.54 Å². The van der Waals surface area contributed by atoms with E-state index in [1.807, 2.05) is 68.4 Å². The predicted octanol–water partition coefficient (Wildman–Crippen LogP) is 4.59. The lowest BCUT2D eigenvalue weighted by molar-refractivity contribution is 0.0932. The van der Waals surface area contributed by atoms with Gasteiger partial charge in [0.15, 0.2) is 0 Å². The van der Waals surface area contributed by atoms with Crippen molar-refractivity contribution in [1.29, 1.82) is 0 Å². The normalized spacial score (nSPS) is 12.1. The van der Waals surface area contributed by atoms with Crippen molar-refractivity contribution in [3.8, 4) is 0 Å². The molecule has 0 spiro atoms. The summed E-state index contributed by atoms with van der Waals surface area (Å²) in [6.45, 7) is 6.68. The summed E-state index contributed by atoms with van der Waals surface area (Å²) in [5.74, 6) is -0.174. The van der Waals surface area contributed by atoms with Crippen LogP contribution in [0.2, 0.25) is 5.02 Å². The molecule has 4 aromatic rings. The van der Waals surface area contributed by atoms with Gasteiger partial charge in [0.25, 0.3) is 5.91 Å². The number of carbonyl (C=O) groups excluding carboxylic acids is 1. The highest BCUT2D eigenvalue weighted by Crippen LogP contribution is 2.26. The van der Waals surface area contributed by atoms with Gasteiger partial charge in [-0.15, -0.1) is 0 Å². The van der Waals surface area contributed by atoms with Gasteiger partial charge in [-0.05, 0) is 68.5 Å². The summed E-state index contributed by atoms with van der Waals surface area (Å²) in [7, 11) is 0. The van der Waals surface area contributed by atoms with E-state index in [2.05, 4.69) is 10.4 Å². The van der Waals surface area contributed by atoms with Gasteiger partial charge in [0.1, 0.15) is 0 Å². The largest absolute Gasteiger partial charge is 0.349 e. The first-order valence-electron chi connectivity index (χ1n) is 12.3. The molecule has 1 unspecified atom stereocenters. The molecule has 1 amide bonds. The molecule has 2 heterocycles. The van der Waals surface area contributed by atoms with Crippen LogP contribution in [-0.2, 0) is 13.0 Å². The highest BCUT2D eigenvalue weighted by atomic mass is 35.5. The van der Waals surface area contributed by atoms with Crippen molar-refractivity contribution < 1.29 is 4.79 Å². The van der Waals surface area contributed by atoms with Gasteiger partial charge in [-0.3, -0.25) is 9.36 Å². The SMILES string of the molecule is CCC(NC(=O)c1cccc(C)c1CCCN)c1cc2c(Cl)c(C)nn2c(=O)n1Cc1ccccc1. The summed E-state index contributed by atoms with van der Waals surface area (Å²) in [5, 5.41) is 7.97. The van der Waals surface area contributed by atoms with E-state index in [0.29, 0.717) is 47.0 Å². The number of nitrogens with two attached hydrogens (primary N) is 1. The Bertz CT molecular complexity index is 1440. The number of hydrogen-bond acceptors (Lipinski definition) is 4. The lowest BCUT2D eigenvalue weighted by Crippen LogP contribution is -2.36. The lowest BCUT2D eigenvalue weighted by atomic mass is 9.96. The van der Waals surface area contributed by atoms with Gasteiger partial charge in [-0.25, -0.2) is 4.79 Å². The van der Waals surface area contributed by atoms with E-state index in [9.17, 15) is 9.59 Å². The van der Waals surface area contributed by atoms with Crippen LogP contribution >= 0.6 is 11.6 Å². The van der Waals surface area contributed by atoms with E-state index < -0.39 is 6.04 Å². The Balaban J connectivity index is 1.79. The molecule has 36 heavy (non-hydrogen) atoms. The van der Waals surface area contributed by atoms with Crippen molar-refractivity contribution in [2.24, 2.45) is 5.73 Å². The Labute approximate surface area is 215 Å². The number of aromatic nitrogens is 3. The Morgan fingerprint density at radius 3 is 2.58 bits per heavy atom. The highest BCUT2D eigenvalue weighted by Gasteiger charge is 2.23. The van der Waals surface area contributed by atoms with Crippen LogP contribution in [0.1, 0.15) is 64.2 Å². The molecule has 0 radical (unpaired) electrons. The van der Waals surface area contributed by atoms with Gasteiger partial charge in [-0.1, -0.05) is 61.0 Å². The fraction of sp³-hybridized carbons (Fsp3) is 0.321. The maximum atomic E-state index is 13.6. The Kier molecular flexibility index (Phi) is 7.91. The zero-order valence-electron chi connectivity index (χ0n) is 20.9. The van der Waals surface area contributed by atoms with Gasteiger partial charge < -0.3 is 11.1 Å². The first kappa shape index (κ1) is 25.7. The molecule has 0 saturated carbocycles. The first-order chi connectivity index (χ1) is 17.3. The van der Waals surface area contributed by atoms with E-state index in [-0.39, 0.29) is 11.6 Å². The molecule has 0 saturated heterocycles. The number of nitrogens with one attached hydrogen (secondary N) is 1. The quantitative estimate of drug-likeness (QED) is 0.348. The molecular formula is C28H32ClN5O2. The number of amides is 1. The summed E-state index contributed by atoms with van der Waals surface area (Å²) >= 11 is 6.51. The van der Waals surface area contributed by atoms with E-state index in [1.165, 1.54) is 4.52 Å². The summed E-state index contributed by atoms with van der Waals surface area (Å²) in [6.07, 6.45) is 2.12. The molecule has 0 bridgehead atoms. The third-order valence-corrected chi connectivity index (χ3v) is 7.04. The molecule has 188 valence electrons. The Morgan fingerprint density at radius 1 is 1.14 bits per heavy atom. The molecule has 0 aliphatic carbocycles. The number of benzene rings is 2. The summed E-state index contributed by atoms with van der Waals surface area (Å²) in [5.41, 5.74) is 10.9. The number of carbonyl (C=O) groups is 1. The van der Waals surface area contributed by atoms with Gasteiger partial charge in [-0.2, -0.15) is 9.61 Å². The molecular weight excluding hydrogens is 474 g/mol. The second kappa shape index (κ2) is 11.1. The van der Waals surface area contributed by atoms with Gasteiger partial charge in [0.2, 0.25) is 0 Å². The minimum absolute atomic E-state index is 0.174. The number of halogens is 1. The Hall–Kier alpha value is -3.42. The summed E-state index contributed by atoms with van der Waals surface area (Å²) in [6, 6.07) is 17.0. The van der Waals surface area contributed by atoms with Crippen LogP contribution in [0.4, 0.5) is 0 Å². The summed E-state index contributed by atoms with van der Waals surface area (Å²) < 4.78 is 3.01. The maximum absolute atomic E-state index is 13.6. The second-order valence-corrected chi connectivity index (χ2v) is 9.43. The van der Waals surface area contributed by atoms with Crippen LogP contribution in [0.3, 0.4) is 0 Å². The molecule has 2 aromatic carbocycles. The van der Waals surface area contributed by atoms with Crippen LogP contribution in [0, 0.1) is 13.8 Å². The third kappa shape index (κ3) is 5.08. The van der Waals surface area contributed by atoms with Crippen LogP contribution in [0.5, 0.6) is 0 Å². The highest BCUT2D eigenvalue weighted by molar-refractivity contribution is 6.34. The fourth-order valence-corrected chi connectivity index (χ4v) is 4.77. The van der Waals surface area contributed by atoms with E-state index in [4.69, 9.17) is 17.3 Å². The van der Waals surface area contributed by atoms with Crippen LogP contribution < -0.4 is 16.7 Å². The van der Waals surface area contributed by atoms with Crippen molar-refractivity contribution >= 4 is 23.0 Å². The lowest BCUT2D eigenvalue weighted by Gasteiger charge is -2.23. The van der Waals surface area contributed by atoms with Gasteiger partial charge >= 0.3 is 5.69 Å². The maximum Gasteiger partial charge on any atom is 0.349 e. The monoisotopic (exact) mass is 505 g/mol. The van der Waals surface area contributed by atoms with Crippen LogP contribution in [0.25, 0.3) is 5.52 Å².